The van der Waals surface area contributed by atoms with Gasteiger partial charge in [0.05, 0.1) is 24.9 Å². The number of carbonyl (C=O) groups is 1. The largest absolute Gasteiger partial charge is 0.490 e. The number of unbranched alkanes of at least 4 members (excludes halogenated alkanes) is 1. The van der Waals surface area contributed by atoms with Crippen LogP contribution in [0.3, 0.4) is 0 Å². The zero-order valence-corrected chi connectivity index (χ0v) is 31.1. The second kappa shape index (κ2) is 19.1. The van der Waals surface area contributed by atoms with E-state index in [4.69, 9.17) is 48.0 Å². The van der Waals surface area contributed by atoms with Gasteiger partial charge in [-0.3, -0.25) is 9.78 Å². The molecule has 0 aliphatic heterocycles. The van der Waals surface area contributed by atoms with E-state index in [1.165, 1.54) is 4.90 Å². The first-order chi connectivity index (χ1) is 25.4. The Kier molecular flexibility index (Phi) is 14.9. The summed E-state index contributed by atoms with van der Waals surface area (Å²) < 4.78 is 12.8. The van der Waals surface area contributed by atoms with Gasteiger partial charge in [0.15, 0.2) is 6.29 Å². The number of rotatable bonds is 22. The number of hydrogen-bond acceptors (Lipinski definition) is 11. The molecule has 2 aromatic carbocycles. The van der Waals surface area contributed by atoms with Crippen LogP contribution in [-0.2, 0) is 28.2 Å². The van der Waals surface area contributed by atoms with Crippen LogP contribution in [0.15, 0.2) is 54.9 Å². The molecular weight excluding hydrogens is 727 g/mol. The van der Waals surface area contributed by atoms with E-state index in [9.17, 15) is 25.2 Å². The molecule has 14 heteroatoms. The van der Waals surface area contributed by atoms with Crippen LogP contribution in [0, 0.1) is 0 Å². The van der Waals surface area contributed by atoms with Crippen molar-refractivity contribution in [3.63, 3.8) is 0 Å². The molecule has 1 aromatic heterocycles. The van der Waals surface area contributed by atoms with E-state index in [1.54, 1.807) is 6.20 Å². The van der Waals surface area contributed by atoms with Gasteiger partial charge in [0, 0.05) is 53.1 Å². The highest BCUT2D eigenvalue weighted by Gasteiger charge is 2.48. The zero-order chi connectivity index (χ0) is 38.1. The molecule has 7 N–H and O–H groups in total. The molecule has 2 aliphatic carbocycles. The number of ether oxygens (including phenoxy) is 2. The summed E-state index contributed by atoms with van der Waals surface area (Å²) in [6, 6.07) is 13.7. The summed E-state index contributed by atoms with van der Waals surface area (Å²) in [6.45, 7) is -0.733. The van der Waals surface area contributed by atoms with Crippen LogP contribution in [0.5, 0.6) is 5.75 Å². The van der Waals surface area contributed by atoms with Gasteiger partial charge in [-0.1, -0.05) is 41.4 Å². The van der Waals surface area contributed by atoms with Gasteiger partial charge in [-0.15, -0.1) is 0 Å². The quantitative estimate of drug-likeness (QED) is 0.0579. The highest BCUT2D eigenvalue weighted by Crippen LogP contribution is 2.53. The van der Waals surface area contributed by atoms with E-state index >= 15 is 0 Å². The molecule has 2 fully saturated rings. The number of aromatic nitrogens is 1. The van der Waals surface area contributed by atoms with Crippen LogP contribution >= 0.6 is 23.2 Å². The molecule has 1 amide bonds. The Morgan fingerprint density at radius 2 is 1.60 bits per heavy atom. The second-order valence-corrected chi connectivity index (χ2v) is 14.8. The number of pyridine rings is 1. The molecule has 2 saturated carbocycles. The van der Waals surface area contributed by atoms with Crippen molar-refractivity contribution in [1.82, 2.24) is 9.88 Å². The molecular formula is C39H50Cl2N2O10. The summed E-state index contributed by atoms with van der Waals surface area (Å²) in [4.78, 5) is 18.7. The van der Waals surface area contributed by atoms with Crippen molar-refractivity contribution in [3.8, 4) is 16.9 Å². The SMILES string of the molecule is O=C(CCCC(O)O)N(CCCCc1cc(Cl)c(COC2(c3cnccc3-c3ccccc3OC3CC3)CC2)cc1Cl)C[C@H](O)[C@@H](O)[C@H](O)[C@H](O)CO. The number of carbonyl (C=O) groups excluding carboxylic acids is 1. The summed E-state index contributed by atoms with van der Waals surface area (Å²) in [5.74, 6) is 0.468. The van der Waals surface area contributed by atoms with E-state index in [0.29, 0.717) is 29.3 Å². The maximum Gasteiger partial charge on any atom is 0.222 e. The lowest BCUT2D eigenvalue weighted by Crippen LogP contribution is -2.50. The molecule has 2 aliphatic rings. The maximum absolute atomic E-state index is 13.0. The number of aliphatic hydroxyl groups is 7. The van der Waals surface area contributed by atoms with Gasteiger partial charge < -0.3 is 50.1 Å². The first kappa shape index (κ1) is 41.3. The lowest BCUT2D eigenvalue weighted by atomic mass is 9.96. The average Bonchev–Trinajstić information content (AvgIpc) is 4.10. The lowest BCUT2D eigenvalue weighted by Gasteiger charge is -2.30. The Balaban J connectivity index is 1.18. The number of amides is 1. The fourth-order valence-corrected chi connectivity index (χ4v) is 6.85. The third-order valence-electron chi connectivity index (χ3n) is 9.79. The van der Waals surface area contributed by atoms with Crippen LogP contribution in [0.4, 0.5) is 0 Å². The van der Waals surface area contributed by atoms with Gasteiger partial charge in [-0.25, -0.2) is 0 Å². The number of aryl methyl sites for hydroxylation is 1. The van der Waals surface area contributed by atoms with Crippen LogP contribution in [0.2, 0.25) is 10.0 Å². The maximum atomic E-state index is 13.0. The Bertz CT molecular complexity index is 1650. The number of benzene rings is 2. The van der Waals surface area contributed by atoms with Gasteiger partial charge in [0.25, 0.3) is 0 Å². The molecule has 0 spiro atoms. The third kappa shape index (κ3) is 11.3. The van der Waals surface area contributed by atoms with Gasteiger partial charge in [-0.2, -0.15) is 0 Å². The number of hydrogen-bond donors (Lipinski definition) is 7. The number of para-hydroxylation sites is 1. The number of aliphatic hydroxyl groups excluding tert-OH is 6. The standard InChI is InChI=1S/C39H50Cl2N2O10/c40-30-19-25(23-52-39(14-15-39)29-20-42-16-13-27(29)28-7-1-2-8-34(28)53-26-11-12-26)31(41)18-24(30)6-3-4-17-43(35(47)9-5-10-36(48)49)21-32(45)37(50)38(51)33(46)22-44/h1-2,7-8,13,16,18-20,26,32-33,36-38,44-46,48-51H,3-6,9-12,14-15,17,21-23H2/t32-,33+,37+,38+/m0/s1. The van der Waals surface area contributed by atoms with Gasteiger partial charge in [0.1, 0.15) is 30.2 Å². The monoisotopic (exact) mass is 776 g/mol. The number of halogens is 2. The fourth-order valence-electron chi connectivity index (χ4n) is 6.33. The van der Waals surface area contributed by atoms with Crippen molar-refractivity contribution < 1.29 is 50.0 Å². The van der Waals surface area contributed by atoms with Crippen molar-refractivity contribution in [2.45, 2.75) is 113 Å². The van der Waals surface area contributed by atoms with Crippen molar-refractivity contribution >= 4 is 29.1 Å². The molecule has 12 nitrogen and oxygen atoms in total. The molecule has 0 unspecified atom stereocenters. The smallest absolute Gasteiger partial charge is 0.222 e. The molecule has 0 radical (unpaired) electrons. The van der Waals surface area contributed by atoms with E-state index in [2.05, 4.69) is 11.1 Å². The molecule has 1 heterocycles. The molecule has 0 saturated heterocycles. The van der Waals surface area contributed by atoms with E-state index in [0.717, 1.165) is 59.3 Å². The summed E-state index contributed by atoms with van der Waals surface area (Å²) in [6.07, 6.45) is 1.00. The first-order valence-corrected chi connectivity index (χ1v) is 19.0. The molecule has 290 valence electrons. The minimum atomic E-state index is -1.83. The highest BCUT2D eigenvalue weighted by molar-refractivity contribution is 6.34. The third-order valence-corrected chi connectivity index (χ3v) is 10.5. The van der Waals surface area contributed by atoms with E-state index in [1.807, 2.05) is 42.6 Å². The van der Waals surface area contributed by atoms with Gasteiger partial charge >= 0.3 is 0 Å². The summed E-state index contributed by atoms with van der Waals surface area (Å²) >= 11 is 13.5. The number of nitrogens with zero attached hydrogens (tertiary/aromatic N) is 2. The first-order valence-electron chi connectivity index (χ1n) is 18.2. The van der Waals surface area contributed by atoms with Gasteiger partial charge in [0.2, 0.25) is 5.91 Å². The molecule has 5 rings (SSSR count). The predicted molar refractivity (Wildman–Crippen MR) is 198 cm³/mol. The summed E-state index contributed by atoms with van der Waals surface area (Å²) in [7, 11) is 0. The van der Waals surface area contributed by atoms with Crippen LogP contribution < -0.4 is 4.74 Å². The molecule has 53 heavy (non-hydrogen) atoms. The minimum absolute atomic E-state index is 0.0117. The van der Waals surface area contributed by atoms with Crippen LogP contribution in [-0.4, -0.2) is 108 Å². The Labute approximate surface area is 319 Å². The normalized spacial score (nSPS) is 17.3. The predicted octanol–water partition coefficient (Wildman–Crippen LogP) is 3.87. The summed E-state index contributed by atoms with van der Waals surface area (Å²) in [5, 5.41) is 68.9. The zero-order valence-electron chi connectivity index (χ0n) is 29.6. The Morgan fingerprint density at radius 1 is 0.906 bits per heavy atom. The second-order valence-electron chi connectivity index (χ2n) is 14.0. The molecule has 0 bridgehead atoms. The Morgan fingerprint density at radius 3 is 2.30 bits per heavy atom. The highest BCUT2D eigenvalue weighted by atomic mass is 35.5. The van der Waals surface area contributed by atoms with Crippen molar-refractivity contribution in [2.24, 2.45) is 0 Å². The fraction of sp³-hybridized carbons (Fsp3) is 0.538. The van der Waals surface area contributed by atoms with Crippen LogP contribution in [0.1, 0.15) is 74.5 Å². The van der Waals surface area contributed by atoms with Crippen molar-refractivity contribution in [2.75, 3.05) is 19.7 Å². The topological polar surface area (TPSA) is 193 Å². The molecule has 4 atom stereocenters. The summed E-state index contributed by atoms with van der Waals surface area (Å²) in [5.41, 5.74) is 4.10. The van der Waals surface area contributed by atoms with Gasteiger partial charge in [-0.05, 0) is 98.7 Å². The minimum Gasteiger partial charge on any atom is -0.490 e. The van der Waals surface area contributed by atoms with Crippen LogP contribution in [0.25, 0.3) is 11.1 Å². The van der Waals surface area contributed by atoms with Crippen molar-refractivity contribution in [1.29, 1.82) is 0 Å². The average molecular weight is 778 g/mol. The van der Waals surface area contributed by atoms with Crippen molar-refractivity contribution in [3.05, 3.63) is 81.6 Å². The Hall–Kier alpha value is -2.88. The lowest BCUT2D eigenvalue weighted by molar-refractivity contribution is -0.140. The van der Waals surface area contributed by atoms with E-state index < -0.39 is 42.9 Å². The molecule has 3 aromatic rings. The van der Waals surface area contributed by atoms with E-state index in [-0.39, 0.29) is 51.0 Å².